The third-order valence-corrected chi connectivity index (χ3v) is 5.87. The normalized spacial score (nSPS) is 21.3. The van der Waals surface area contributed by atoms with E-state index in [2.05, 4.69) is 52.7 Å². The minimum atomic E-state index is -0.0938. The van der Waals surface area contributed by atoms with Crippen LogP contribution < -0.4 is 4.90 Å². The van der Waals surface area contributed by atoms with Gasteiger partial charge in [0.1, 0.15) is 12.4 Å². The first kappa shape index (κ1) is 26.0. The lowest BCUT2D eigenvalue weighted by atomic mass is 10.0. The van der Waals surface area contributed by atoms with Gasteiger partial charge in [-0.25, -0.2) is 0 Å². The topological polar surface area (TPSA) is 32.8 Å². The molecule has 0 N–H and O–H groups in total. The molecule has 2 atom stereocenters. The van der Waals surface area contributed by atoms with E-state index < -0.39 is 0 Å². The molecule has 0 aliphatic carbocycles. The number of aldehydes is 1. The average molecular weight is 486 g/mol. The van der Waals surface area contributed by atoms with E-state index in [4.69, 9.17) is 27.9 Å². The first-order valence-corrected chi connectivity index (χ1v) is 12.0. The van der Waals surface area contributed by atoms with Crippen molar-refractivity contribution in [3.8, 4) is 0 Å². The summed E-state index contributed by atoms with van der Waals surface area (Å²) in [5, 5.41) is 1.55. The lowest BCUT2D eigenvalue weighted by Gasteiger charge is -2.42. The summed E-state index contributed by atoms with van der Waals surface area (Å²) in [5.41, 5.74) is 2.51. The van der Waals surface area contributed by atoms with Crippen LogP contribution in [0.25, 0.3) is 0 Å². The van der Waals surface area contributed by atoms with Crippen molar-refractivity contribution in [2.24, 2.45) is 0 Å². The van der Waals surface area contributed by atoms with Gasteiger partial charge in [-0.2, -0.15) is 0 Å². The van der Waals surface area contributed by atoms with Crippen LogP contribution in [0.1, 0.15) is 30.9 Å². The molecule has 2 aliphatic heterocycles. The Kier molecular flexibility index (Phi) is 11.7. The Morgan fingerprint density at radius 1 is 0.935 bits per heavy atom. The summed E-state index contributed by atoms with van der Waals surface area (Å²) in [6.07, 6.45) is 5.44. The number of halogens is 3. The monoisotopic (exact) mass is 484 g/mol. The molecule has 2 aliphatic rings. The van der Waals surface area contributed by atoms with Gasteiger partial charge in [-0.05, 0) is 68.3 Å². The standard InChI is InChI=1S/C17H18Cl2N2.C6H10O2.CH3Cl/c1-20-10-11-21(16-8-6-15(19)7-9-16)17(12-20)13-2-4-14(18)5-3-13;7-5-6-3-1-2-4-8-6;1-2/h2-9,17H,10-12H2,1H3;5-6H,1-4H2;1H3. The zero-order chi connectivity index (χ0) is 22.6. The lowest BCUT2D eigenvalue weighted by Crippen LogP contribution is -2.46. The van der Waals surface area contributed by atoms with Crippen molar-refractivity contribution in [1.82, 2.24) is 4.90 Å². The van der Waals surface area contributed by atoms with Gasteiger partial charge in [0.15, 0.2) is 0 Å². The summed E-state index contributed by atoms with van der Waals surface area (Å²) in [6, 6.07) is 16.6. The van der Waals surface area contributed by atoms with Gasteiger partial charge in [-0.1, -0.05) is 35.3 Å². The van der Waals surface area contributed by atoms with E-state index in [0.29, 0.717) is 6.04 Å². The fraction of sp³-hybridized carbons (Fsp3) is 0.458. The molecule has 2 saturated heterocycles. The van der Waals surface area contributed by atoms with Crippen LogP contribution in [-0.2, 0) is 9.53 Å². The smallest absolute Gasteiger partial charge is 0.148 e. The number of anilines is 1. The Bertz CT molecular complexity index is 765. The van der Waals surface area contributed by atoms with Gasteiger partial charge in [0.2, 0.25) is 0 Å². The Hall–Kier alpha value is -1.30. The van der Waals surface area contributed by atoms with E-state index in [1.807, 2.05) is 24.3 Å². The fourth-order valence-corrected chi connectivity index (χ4v) is 3.96. The maximum absolute atomic E-state index is 10.0. The second-order valence-electron chi connectivity index (χ2n) is 7.54. The second-order valence-corrected chi connectivity index (χ2v) is 8.41. The number of alkyl halides is 1. The first-order valence-electron chi connectivity index (χ1n) is 10.5. The highest BCUT2D eigenvalue weighted by molar-refractivity contribution is 6.30. The summed E-state index contributed by atoms with van der Waals surface area (Å²) >= 11 is 16.7. The third-order valence-electron chi connectivity index (χ3n) is 5.36. The Balaban J connectivity index is 0.000000286. The van der Waals surface area contributed by atoms with Gasteiger partial charge in [0, 0.05) is 48.4 Å². The maximum Gasteiger partial charge on any atom is 0.148 e. The molecule has 31 heavy (non-hydrogen) atoms. The number of hydrogen-bond acceptors (Lipinski definition) is 4. The maximum atomic E-state index is 10.0. The molecule has 0 radical (unpaired) electrons. The van der Waals surface area contributed by atoms with E-state index in [1.165, 1.54) is 17.6 Å². The van der Waals surface area contributed by atoms with Crippen molar-refractivity contribution in [3.63, 3.8) is 0 Å². The number of ether oxygens (including phenoxy) is 1. The van der Waals surface area contributed by atoms with Gasteiger partial charge in [-0.3, -0.25) is 0 Å². The number of likely N-dealkylation sites (N-methyl/N-ethyl adjacent to an activating group) is 1. The van der Waals surface area contributed by atoms with Crippen LogP contribution >= 0.6 is 34.8 Å². The summed E-state index contributed by atoms with van der Waals surface area (Å²) in [6.45, 7) is 3.84. The lowest BCUT2D eigenvalue weighted by molar-refractivity contribution is -0.120. The van der Waals surface area contributed by atoms with Crippen LogP contribution in [0.15, 0.2) is 48.5 Å². The molecule has 4 rings (SSSR count). The molecule has 2 aromatic rings. The molecule has 0 aromatic heterocycles. The summed E-state index contributed by atoms with van der Waals surface area (Å²) in [4.78, 5) is 14.8. The van der Waals surface area contributed by atoms with E-state index >= 15 is 0 Å². The molecule has 4 nitrogen and oxygen atoms in total. The molecule has 0 saturated carbocycles. The zero-order valence-electron chi connectivity index (χ0n) is 18.1. The largest absolute Gasteiger partial charge is 0.371 e. The SMILES string of the molecule is CCl.CN1CCN(c2ccc(Cl)cc2)C(c2ccc(Cl)cc2)C1.O=CC1CCCCO1. The number of benzene rings is 2. The van der Waals surface area contributed by atoms with Gasteiger partial charge < -0.3 is 19.3 Å². The summed E-state index contributed by atoms with van der Waals surface area (Å²) in [7, 11) is 2.17. The van der Waals surface area contributed by atoms with Crippen LogP contribution in [0.5, 0.6) is 0 Å². The van der Waals surface area contributed by atoms with Crippen molar-refractivity contribution < 1.29 is 9.53 Å². The number of piperazine rings is 1. The predicted octanol–water partition coefficient (Wildman–Crippen LogP) is 6.10. The van der Waals surface area contributed by atoms with Crippen molar-refractivity contribution >= 4 is 46.8 Å². The number of carbonyl (C=O) groups excluding carboxylic acids is 1. The summed E-state index contributed by atoms with van der Waals surface area (Å²) in [5.74, 6) is 0. The fourth-order valence-electron chi connectivity index (χ4n) is 3.70. The minimum Gasteiger partial charge on any atom is -0.371 e. The molecule has 0 spiro atoms. The molecule has 7 heteroatoms. The van der Waals surface area contributed by atoms with Gasteiger partial charge in [-0.15, -0.1) is 11.6 Å². The summed E-state index contributed by atoms with van der Waals surface area (Å²) < 4.78 is 5.06. The number of nitrogens with zero attached hydrogens (tertiary/aromatic N) is 2. The zero-order valence-corrected chi connectivity index (χ0v) is 20.4. The van der Waals surface area contributed by atoms with E-state index in [0.717, 1.165) is 61.8 Å². The highest BCUT2D eigenvalue weighted by Crippen LogP contribution is 2.31. The highest BCUT2D eigenvalue weighted by Gasteiger charge is 2.26. The van der Waals surface area contributed by atoms with Crippen LogP contribution in [0.4, 0.5) is 5.69 Å². The Labute approximate surface area is 201 Å². The molecule has 2 heterocycles. The van der Waals surface area contributed by atoms with Crippen LogP contribution in [0, 0.1) is 0 Å². The van der Waals surface area contributed by atoms with Crippen molar-refractivity contribution in [2.45, 2.75) is 31.4 Å². The van der Waals surface area contributed by atoms with Crippen LogP contribution in [-0.4, -0.2) is 57.0 Å². The molecule has 2 unspecified atom stereocenters. The minimum absolute atomic E-state index is 0.0938. The first-order chi connectivity index (χ1) is 15.1. The number of rotatable bonds is 3. The van der Waals surface area contributed by atoms with Crippen LogP contribution in [0.2, 0.25) is 10.0 Å². The Morgan fingerprint density at radius 2 is 1.55 bits per heavy atom. The van der Waals surface area contributed by atoms with E-state index in [-0.39, 0.29) is 6.10 Å². The molecule has 0 bridgehead atoms. The van der Waals surface area contributed by atoms with Crippen molar-refractivity contribution in [3.05, 3.63) is 64.1 Å². The average Bonchev–Trinajstić information content (AvgIpc) is 2.82. The predicted molar refractivity (Wildman–Crippen MR) is 132 cm³/mol. The molecule has 0 amide bonds. The Morgan fingerprint density at radius 3 is 2.06 bits per heavy atom. The second kappa shape index (κ2) is 14.0. The molecule has 170 valence electrons. The van der Waals surface area contributed by atoms with Gasteiger partial charge in [0.05, 0.1) is 6.04 Å². The van der Waals surface area contributed by atoms with E-state index in [1.54, 1.807) is 0 Å². The van der Waals surface area contributed by atoms with Crippen LogP contribution in [0.3, 0.4) is 0 Å². The molecular formula is C24H31Cl3N2O2. The van der Waals surface area contributed by atoms with Crippen molar-refractivity contribution in [2.75, 3.05) is 44.6 Å². The van der Waals surface area contributed by atoms with E-state index in [9.17, 15) is 4.79 Å². The van der Waals surface area contributed by atoms with Gasteiger partial charge >= 0.3 is 0 Å². The molecular weight excluding hydrogens is 455 g/mol. The third kappa shape index (κ3) is 8.28. The quantitative estimate of drug-likeness (QED) is 0.389. The van der Waals surface area contributed by atoms with Gasteiger partial charge in [0.25, 0.3) is 0 Å². The molecule has 2 fully saturated rings. The van der Waals surface area contributed by atoms with Crippen molar-refractivity contribution in [1.29, 1.82) is 0 Å². The number of hydrogen-bond donors (Lipinski definition) is 0. The number of carbonyl (C=O) groups is 1. The molecule has 2 aromatic carbocycles. The highest BCUT2D eigenvalue weighted by atomic mass is 35.5.